The molecule has 47 heavy (non-hydrogen) atoms. The Hall–Kier alpha value is -6.32. The number of nitrogens with zero attached hydrogens (tertiary/aromatic N) is 2. The van der Waals surface area contributed by atoms with Crippen molar-refractivity contribution in [3.63, 3.8) is 0 Å². The lowest BCUT2D eigenvalue weighted by Gasteiger charge is -2.12. The van der Waals surface area contributed by atoms with Crippen LogP contribution in [0.25, 0.3) is 88.9 Å². The number of fused-ring (bicyclic) bond motifs is 4. The molecule has 0 atom stereocenters. The molecule has 0 aliphatic rings. The summed E-state index contributed by atoms with van der Waals surface area (Å²) in [5.41, 5.74) is 11.0. The number of rotatable bonds is 5. The zero-order valence-corrected chi connectivity index (χ0v) is 25.5. The predicted octanol–water partition coefficient (Wildman–Crippen LogP) is 11.9. The molecule has 3 nitrogen and oxygen atoms in total. The molecular weight excluding hydrogens is 572 g/mol. The monoisotopic (exact) mass is 600 g/mol. The Balaban J connectivity index is 1.21. The summed E-state index contributed by atoms with van der Waals surface area (Å²) in [4.78, 5) is 10.3. The summed E-state index contributed by atoms with van der Waals surface area (Å²) >= 11 is 0. The lowest BCUT2D eigenvalue weighted by Crippen LogP contribution is -1.96. The highest BCUT2D eigenvalue weighted by Crippen LogP contribution is 2.42. The van der Waals surface area contributed by atoms with Crippen LogP contribution in [0.5, 0.6) is 0 Å². The summed E-state index contributed by atoms with van der Waals surface area (Å²) in [6.07, 6.45) is 0. The molecule has 0 amide bonds. The normalized spacial score (nSPS) is 11.4. The van der Waals surface area contributed by atoms with E-state index < -0.39 is 0 Å². The highest BCUT2D eigenvalue weighted by Gasteiger charge is 2.20. The second-order valence-electron chi connectivity index (χ2n) is 11.8. The van der Waals surface area contributed by atoms with E-state index in [0.29, 0.717) is 5.82 Å². The van der Waals surface area contributed by atoms with Crippen molar-refractivity contribution in [2.24, 2.45) is 0 Å². The fourth-order valence-electron chi connectivity index (χ4n) is 6.53. The van der Waals surface area contributed by atoms with Gasteiger partial charge in [-0.25, -0.2) is 9.97 Å². The Bertz CT molecular complexity index is 2490. The largest absolute Gasteiger partial charge is 0.455 e. The molecule has 0 N–H and O–H groups in total. The van der Waals surface area contributed by atoms with Gasteiger partial charge in [0.05, 0.1) is 11.4 Å². The van der Waals surface area contributed by atoms with Crippen molar-refractivity contribution in [2.75, 3.05) is 0 Å². The molecule has 0 fully saturated rings. The predicted molar refractivity (Wildman–Crippen MR) is 194 cm³/mol. The Morgan fingerprint density at radius 1 is 0.383 bits per heavy atom. The van der Waals surface area contributed by atoms with Crippen molar-refractivity contribution in [2.45, 2.75) is 0 Å². The van der Waals surface area contributed by atoms with Crippen molar-refractivity contribution >= 4 is 32.7 Å². The number of hydrogen-bond donors (Lipinski definition) is 0. The molecule has 0 unspecified atom stereocenters. The van der Waals surface area contributed by atoms with Gasteiger partial charge in [0.15, 0.2) is 5.82 Å². The minimum atomic E-state index is 0.667. The van der Waals surface area contributed by atoms with Gasteiger partial charge in [0, 0.05) is 33.0 Å². The van der Waals surface area contributed by atoms with Crippen molar-refractivity contribution in [1.82, 2.24) is 9.97 Å². The first-order chi connectivity index (χ1) is 23.3. The maximum Gasteiger partial charge on any atom is 0.161 e. The third kappa shape index (κ3) is 4.86. The van der Waals surface area contributed by atoms with Gasteiger partial charge in [-0.05, 0) is 57.8 Å². The van der Waals surface area contributed by atoms with E-state index in [4.69, 9.17) is 14.4 Å². The van der Waals surface area contributed by atoms with Crippen molar-refractivity contribution in [3.05, 3.63) is 170 Å². The van der Waals surface area contributed by atoms with Crippen LogP contribution in [0, 0.1) is 0 Å². The Morgan fingerprint density at radius 2 is 0.957 bits per heavy atom. The van der Waals surface area contributed by atoms with Gasteiger partial charge in [0.2, 0.25) is 0 Å². The van der Waals surface area contributed by atoms with Crippen LogP contribution in [-0.4, -0.2) is 9.97 Å². The smallest absolute Gasteiger partial charge is 0.161 e. The van der Waals surface area contributed by atoms with E-state index in [0.717, 1.165) is 61.1 Å². The van der Waals surface area contributed by atoms with Crippen LogP contribution in [0.1, 0.15) is 0 Å². The molecule has 7 aromatic carbocycles. The summed E-state index contributed by atoms with van der Waals surface area (Å²) in [6, 6.07) is 59.1. The van der Waals surface area contributed by atoms with Gasteiger partial charge in [0.1, 0.15) is 11.2 Å². The Kier molecular flexibility index (Phi) is 6.46. The SMILES string of the molecule is c1ccc(-c2cc(-c3ccccc3)nc(-c3ccc(-c4ccc(-c5ccc6ccccc6c5)cc4)c4oc5ccccc5c34)n2)cc1. The maximum absolute atomic E-state index is 6.64. The topological polar surface area (TPSA) is 38.9 Å². The van der Waals surface area contributed by atoms with Crippen LogP contribution in [0.3, 0.4) is 0 Å². The van der Waals surface area contributed by atoms with E-state index in [-0.39, 0.29) is 0 Å². The van der Waals surface area contributed by atoms with E-state index in [1.807, 2.05) is 48.5 Å². The van der Waals surface area contributed by atoms with Gasteiger partial charge >= 0.3 is 0 Å². The van der Waals surface area contributed by atoms with Gasteiger partial charge < -0.3 is 4.42 Å². The van der Waals surface area contributed by atoms with Crippen molar-refractivity contribution < 1.29 is 4.42 Å². The van der Waals surface area contributed by atoms with Gasteiger partial charge in [-0.15, -0.1) is 0 Å². The molecule has 0 aliphatic heterocycles. The summed E-state index contributed by atoms with van der Waals surface area (Å²) < 4.78 is 6.64. The van der Waals surface area contributed by atoms with Gasteiger partial charge in [0.25, 0.3) is 0 Å². The fraction of sp³-hybridized carbons (Fsp3) is 0. The van der Waals surface area contributed by atoms with Crippen LogP contribution < -0.4 is 0 Å². The number of benzene rings is 7. The number of furan rings is 1. The van der Waals surface area contributed by atoms with E-state index >= 15 is 0 Å². The minimum Gasteiger partial charge on any atom is -0.455 e. The van der Waals surface area contributed by atoms with E-state index in [9.17, 15) is 0 Å². The minimum absolute atomic E-state index is 0.667. The lowest BCUT2D eigenvalue weighted by atomic mass is 9.95. The molecule has 9 rings (SSSR count). The first-order valence-corrected chi connectivity index (χ1v) is 15.8. The molecule has 3 heteroatoms. The number of para-hydroxylation sites is 1. The molecule has 0 saturated heterocycles. The quantitative estimate of drug-likeness (QED) is 0.197. The first kappa shape index (κ1) is 27.0. The molecule has 0 saturated carbocycles. The molecule has 0 radical (unpaired) electrons. The third-order valence-electron chi connectivity index (χ3n) is 8.91. The fourth-order valence-corrected chi connectivity index (χ4v) is 6.53. The summed E-state index contributed by atoms with van der Waals surface area (Å²) in [7, 11) is 0. The van der Waals surface area contributed by atoms with E-state index in [1.54, 1.807) is 0 Å². The van der Waals surface area contributed by atoms with E-state index in [2.05, 4.69) is 121 Å². The van der Waals surface area contributed by atoms with Crippen LogP contribution in [-0.2, 0) is 0 Å². The average molecular weight is 601 g/mol. The van der Waals surface area contributed by atoms with Gasteiger partial charge in [-0.3, -0.25) is 0 Å². The summed E-state index contributed by atoms with van der Waals surface area (Å²) in [5.74, 6) is 0.667. The van der Waals surface area contributed by atoms with Crippen molar-refractivity contribution in [3.8, 4) is 56.2 Å². The molecule has 2 aromatic heterocycles. The van der Waals surface area contributed by atoms with Crippen LogP contribution in [0.15, 0.2) is 174 Å². The highest BCUT2D eigenvalue weighted by atomic mass is 16.3. The second kappa shape index (κ2) is 11.2. The number of hydrogen-bond acceptors (Lipinski definition) is 3. The standard InChI is InChI=1S/C44H28N2O/c1-3-12-32(13-4-1)39-28-40(33-14-5-2-6-15-33)46-44(45-39)38-26-25-36(43-42(38)37-17-9-10-18-41(37)47-43)31-22-19-30(20-23-31)35-24-21-29-11-7-8-16-34(29)27-35/h1-28H. The van der Waals surface area contributed by atoms with Gasteiger partial charge in [-0.1, -0.05) is 140 Å². The number of aromatic nitrogens is 2. The average Bonchev–Trinajstić information content (AvgIpc) is 3.55. The molecule has 0 spiro atoms. The second-order valence-corrected chi connectivity index (χ2v) is 11.8. The highest BCUT2D eigenvalue weighted by molar-refractivity contribution is 6.15. The van der Waals surface area contributed by atoms with Crippen LogP contribution in [0.2, 0.25) is 0 Å². The molecule has 0 bridgehead atoms. The molecule has 2 heterocycles. The first-order valence-electron chi connectivity index (χ1n) is 15.8. The molecule has 9 aromatic rings. The van der Waals surface area contributed by atoms with Crippen molar-refractivity contribution in [1.29, 1.82) is 0 Å². The third-order valence-corrected chi connectivity index (χ3v) is 8.91. The Labute approximate surface area is 272 Å². The maximum atomic E-state index is 6.64. The summed E-state index contributed by atoms with van der Waals surface area (Å²) in [6.45, 7) is 0. The van der Waals surface area contributed by atoms with Crippen LogP contribution in [0.4, 0.5) is 0 Å². The lowest BCUT2D eigenvalue weighted by molar-refractivity contribution is 0.670. The van der Waals surface area contributed by atoms with Crippen LogP contribution >= 0.6 is 0 Å². The zero-order valence-electron chi connectivity index (χ0n) is 25.5. The molecule has 0 aliphatic carbocycles. The molecule has 220 valence electrons. The van der Waals surface area contributed by atoms with Gasteiger partial charge in [-0.2, -0.15) is 0 Å². The zero-order chi connectivity index (χ0) is 31.2. The molecular formula is C44H28N2O. The summed E-state index contributed by atoms with van der Waals surface area (Å²) in [5, 5.41) is 4.54. The van der Waals surface area contributed by atoms with E-state index in [1.165, 1.54) is 21.9 Å². The Morgan fingerprint density at radius 3 is 1.68 bits per heavy atom.